The zero-order valence-electron chi connectivity index (χ0n) is 17.3. The number of hydrogen-bond donors (Lipinski definition) is 2. The fraction of sp³-hybridized carbons (Fsp3) is 0.409. The summed E-state index contributed by atoms with van der Waals surface area (Å²) in [6.07, 6.45) is 2.77. The lowest BCUT2D eigenvalue weighted by atomic mass is 10.1. The van der Waals surface area contributed by atoms with E-state index in [1.165, 1.54) is 22.5 Å². The highest BCUT2D eigenvalue weighted by Crippen LogP contribution is 2.25. The molecule has 2 aromatic carbocycles. The van der Waals surface area contributed by atoms with Gasteiger partial charge in [0, 0.05) is 24.8 Å². The predicted molar refractivity (Wildman–Crippen MR) is 115 cm³/mol. The van der Waals surface area contributed by atoms with Crippen molar-refractivity contribution in [1.29, 1.82) is 0 Å². The minimum atomic E-state index is -3.57. The number of aryl methyl sites for hydroxylation is 1. The molecule has 0 spiro atoms. The average molecular weight is 434 g/mol. The zero-order chi connectivity index (χ0) is 21.7. The standard InChI is InChI=1S/C22H28FN3O3S/c1-16-9-10-20(30(28,29)26-11-4-3-5-12-26)14-21(16)25-22(27)15-24-17(2)18-7-6-8-19(23)13-18/h6-10,13-14,17,24H,3-5,11-12,15H2,1-2H3,(H,25,27)/t17-/m1/s1. The number of benzene rings is 2. The van der Waals surface area contributed by atoms with Gasteiger partial charge in [0.1, 0.15) is 5.82 Å². The van der Waals surface area contributed by atoms with Gasteiger partial charge in [0.25, 0.3) is 0 Å². The summed E-state index contributed by atoms with van der Waals surface area (Å²) in [5, 5.41) is 5.84. The molecule has 30 heavy (non-hydrogen) atoms. The van der Waals surface area contributed by atoms with Crippen LogP contribution in [-0.2, 0) is 14.8 Å². The first kappa shape index (κ1) is 22.4. The summed E-state index contributed by atoms with van der Waals surface area (Å²) in [6.45, 7) is 4.73. The summed E-state index contributed by atoms with van der Waals surface area (Å²) in [5.74, 6) is -0.623. The quantitative estimate of drug-likeness (QED) is 0.699. The number of sulfonamides is 1. The van der Waals surface area contributed by atoms with Gasteiger partial charge in [0.05, 0.1) is 11.4 Å². The lowest BCUT2D eigenvalue weighted by Gasteiger charge is -2.26. The second-order valence-corrected chi connectivity index (χ2v) is 9.59. The predicted octanol–water partition coefficient (Wildman–Crippen LogP) is 3.60. The van der Waals surface area contributed by atoms with E-state index in [1.54, 1.807) is 24.3 Å². The number of anilines is 1. The first-order chi connectivity index (χ1) is 14.3. The molecule has 1 fully saturated rings. The first-order valence-corrected chi connectivity index (χ1v) is 11.6. The van der Waals surface area contributed by atoms with Crippen molar-refractivity contribution in [3.05, 3.63) is 59.4 Å². The van der Waals surface area contributed by atoms with Crippen LogP contribution in [0, 0.1) is 12.7 Å². The highest BCUT2D eigenvalue weighted by Gasteiger charge is 2.26. The highest BCUT2D eigenvalue weighted by atomic mass is 32.2. The third kappa shape index (κ3) is 5.44. The van der Waals surface area contributed by atoms with Crippen molar-refractivity contribution >= 4 is 21.6 Å². The average Bonchev–Trinajstić information content (AvgIpc) is 2.74. The van der Waals surface area contributed by atoms with E-state index in [4.69, 9.17) is 0 Å². The number of nitrogens with zero attached hydrogens (tertiary/aromatic N) is 1. The number of amides is 1. The summed E-state index contributed by atoms with van der Waals surface area (Å²) < 4.78 is 40.7. The van der Waals surface area contributed by atoms with Gasteiger partial charge < -0.3 is 10.6 Å². The molecule has 2 N–H and O–H groups in total. The SMILES string of the molecule is Cc1ccc(S(=O)(=O)N2CCCCC2)cc1NC(=O)CN[C@H](C)c1cccc(F)c1. The van der Waals surface area contributed by atoms with Crippen LogP contribution in [0.3, 0.4) is 0 Å². The first-order valence-electron chi connectivity index (χ1n) is 10.2. The van der Waals surface area contributed by atoms with Gasteiger partial charge in [0.15, 0.2) is 0 Å². The zero-order valence-corrected chi connectivity index (χ0v) is 18.1. The summed E-state index contributed by atoms with van der Waals surface area (Å²) >= 11 is 0. The minimum Gasteiger partial charge on any atom is -0.325 e. The number of nitrogens with one attached hydrogen (secondary N) is 2. The Morgan fingerprint density at radius 2 is 1.87 bits per heavy atom. The van der Waals surface area contributed by atoms with Crippen LogP contribution in [-0.4, -0.2) is 38.3 Å². The van der Waals surface area contributed by atoms with Crippen molar-refractivity contribution < 1.29 is 17.6 Å². The van der Waals surface area contributed by atoms with Gasteiger partial charge in [0.2, 0.25) is 15.9 Å². The molecular weight excluding hydrogens is 405 g/mol. The van der Waals surface area contributed by atoms with E-state index < -0.39 is 10.0 Å². The van der Waals surface area contributed by atoms with Crippen LogP contribution in [0.4, 0.5) is 10.1 Å². The van der Waals surface area contributed by atoms with Crippen LogP contribution >= 0.6 is 0 Å². The number of carbonyl (C=O) groups is 1. The van der Waals surface area contributed by atoms with Crippen molar-refractivity contribution in [2.45, 2.75) is 44.0 Å². The van der Waals surface area contributed by atoms with Gasteiger partial charge in [-0.15, -0.1) is 0 Å². The molecule has 0 saturated carbocycles. The molecule has 0 aliphatic carbocycles. The molecule has 1 aliphatic rings. The van der Waals surface area contributed by atoms with Crippen LogP contribution in [0.2, 0.25) is 0 Å². The fourth-order valence-corrected chi connectivity index (χ4v) is 5.03. The number of halogens is 1. The van der Waals surface area contributed by atoms with Gasteiger partial charge in [-0.05, 0) is 62.1 Å². The molecule has 1 amide bonds. The van der Waals surface area contributed by atoms with Gasteiger partial charge >= 0.3 is 0 Å². The monoisotopic (exact) mass is 433 g/mol. The molecule has 2 aromatic rings. The molecule has 3 rings (SSSR count). The topological polar surface area (TPSA) is 78.5 Å². The van der Waals surface area contributed by atoms with Crippen LogP contribution in [0.15, 0.2) is 47.4 Å². The van der Waals surface area contributed by atoms with E-state index in [0.717, 1.165) is 30.4 Å². The molecule has 6 nitrogen and oxygen atoms in total. The maximum Gasteiger partial charge on any atom is 0.243 e. The largest absolute Gasteiger partial charge is 0.325 e. The van der Waals surface area contributed by atoms with Crippen LogP contribution in [0.1, 0.15) is 43.4 Å². The molecule has 0 aromatic heterocycles. The van der Waals surface area contributed by atoms with E-state index in [2.05, 4.69) is 10.6 Å². The van der Waals surface area contributed by atoms with E-state index in [-0.39, 0.29) is 29.2 Å². The Hall–Kier alpha value is -2.29. The van der Waals surface area contributed by atoms with Crippen LogP contribution in [0.25, 0.3) is 0 Å². The van der Waals surface area contributed by atoms with Crippen molar-refractivity contribution in [3.63, 3.8) is 0 Å². The molecule has 0 unspecified atom stereocenters. The van der Waals surface area contributed by atoms with Crippen molar-refractivity contribution in [3.8, 4) is 0 Å². The van der Waals surface area contributed by atoms with Gasteiger partial charge in [-0.25, -0.2) is 12.8 Å². The lowest BCUT2D eigenvalue weighted by molar-refractivity contribution is -0.115. The van der Waals surface area contributed by atoms with Crippen LogP contribution in [0.5, 0.6) is 0 Å². The third-order valence-corrected chi connectivity index (χ3v) is 7.25. The summed E-state index contributed by atoms with van der Waals surface area (Å²) in [5.41, 5.74) is 1.99. The minimum absolute atomic E-state index is 0.0141. The number of hydrogen-bond acceptors (Lipinski definition) is 4. The molecule has 0 radical (unpaired) electrons. The van der Waals surface area contributed by atoms with E-state index >= 15 is 0 Å². The molecule has 1 aliphatic heterocycles. The molecular formula is C22H28FN3O3S. The Morgan fingerprint density at radius 1 is 1.13 bits per heavy atom. The summed E-state index contributed by atoms with van der Waals surface area (Å²) in [4.78, 5) is 12.6. The highest BCUT2D eigenvalue weighted by molar-refractivity contribution is 7.89. The van der Waals surface area contributed by atoms with E-state index in [9.17, 15) is 17.6 Å². The van der Waals surface area contributed by atoms with Crippen molar-refractivity contribution in [1.82, 2.24) is 9.62 Å². The maximum absolute atomic E-state index is 13.4. The normalized spacial score (nSPS) is 16.2. The Balaban J connectivity index is 1.65. The fourth-order valence-electron chi connectivity index (χ4n) is 3.48. The van der Waals surface area contributed by atoms with Crippen LogP contribution < -0.4 is 10.6 Å². The number of carbonyl (C=O) groups excluding carboxylic acids is 1. The number of rotatable bonds is 7. The van der Waals surface area contributed by atoms with Gasteiger partial charge in [-0.2, -0.15) is 4.31 Å². The Labute approximate surface area is 177 Å². The van der Waals surface area contributed by atoms with Crippen molar-refractivity contribution in [2.24, 2.45) is 0 Å². The Kier molecular flexibility index (Phi) is 7.23. The van der Waals surface area contributed by atoms with Crippen molar-refractivity contribution in [2.75, 3.05) is 25.0 Å². The molecule has 0 bridgehead atoms. The Bertz CT molecular complexity index is 1000. The smallest absolute Gasteiger partial charge is 0.243 e. The maximum atomic E-state index is 13.4. The molecule has 162 valence electrons. The summed E-state index contributed by atoms with van der Waals surface area (Å²) in [6, 6.07) is 10.8. The lowest BCUT2D eigenvalue weighted by Crippen LogP contribution is -2.35. The molecule has 1 heterocycles. The number of piperidine rings is 1. The summed E-state index contributed by atoms with van der Waals surface area (Å²) in [7, 11) is -3.57. The van der Waals surface area contributed by atoms with E-state index in [0.29, 0.717) is 18.8 Å². The second-order valence-electron chi connectivity index (χ2n) is 7.65. The van der Waals surface area contributed by atoms with Gasteiger partial charge in [-0.3, -0.25) is 4.79 Å². The molecule has 8 heteroatoms. The second kappa shape index (κ2) is 9.68. The van der Waals surface area contributed by atoms with E-state index in [1.807, 2.05) is 13.8 Å². The van der Waals surface area contributed by atoms with Gasteiger partial charge in [-0.1, -0.05) is 24.6 Å². The molecule has 1 atom stereocenters. The Morgan fingerprint density at radius 3 is 2.57 bits per heavy atom. The third-order valence-electron chi connectivity index (χ3n) is 5.35. The molecule has 1 saturated heterocycles.